The molecular weight excluding hydrogens is 296 g/mol. The highest BCUT2D eigenvalue weighted by Crippen LogP contribution is 2.25. The predicted molar refractivity (Wildman–Crippen MR) is 78.0 cm³/mol. The van der Waals surface area contributed by atoms with Gasteiger partial charge in [-0.15, -0.1) is 0 Å². The molecule has 1 aromatic rings. The van der Waals surface area contributed by atoms with Crippen molar-refractivity contribution < 1.29 is 22.7 Å². The standard InChI is InChI=1S/C13H20N2O5S/c1-9(14-2)8-15-21(17,18)12-7-10(13(16)20-4)5-6-11(12)19-3/h5-7,9,14-15H,8H2,1-4H3. The van der Waals surface area contributed by atoms with E-state index in [1.54, 1.807) is 7.05 Å². The molecule has 0 radical (unpaired) electrons. The van der Waals surface area contributed by atoms with Crippen LogP contribution in [-0.4, -0.2) is 48.2 Å². The van der Waals surface area contributed by atoms with Gasteiger partial charge in [-0.2, -0.15) is 0 Å². The molecule has 0 fully saturated rings. The molecule has 0 aliphatic rings. The van der Waals surface area contributed by atoms with E-state index >= 15 is 0 Å². The minimum atomic E-state index is -3.80. The normalized spacial score (nSPS) is 12.8. The number of carbonyl (C=O) groups excluding carboxylic acids is 1. The molecule has 118 valence electrons. The highest BCUT2D eigenvalue weighted by Gasteiger charge is 2.22. The second kappa shape index (κ2) is 7.39. The quantitative estimate of drug-likeness (QED) is 0.706. The van der Waals surface area contributed by atoms with Crippen molar-refractivity contribution in [3.05, 3.63) is 23.8 Å². The van der Waals surface area contributed by atoms with E-state index in [0.717, 1.165) is 0 Å². The zero-order valence-corrected chi connectivity index (χ0v) is 13.3. The summed E-state index contributed by atoms with van der Waals surface area (Å²) < 4.78 is 36.7. The molecule has 0 aromatic heterocycles. The first-order valence-corrected chi connectivity index (χ1v) is 7.77. The van der Waals surface area contributed by atoms with Crippen molar-refractivity contribution in [1.29, 1.82) is 0 Å². The van der Waals surface area contributed by atoms with E-state index in [0.29, 0.717) is 0 Å². The number of esters is 1. The molecular formula is C13H20N2O5S. The number of carbonyl (C=O) groups is 1. The lowest BCUT2D eigenvalue weighted by Gasteiger charge is -2.14. The number of hydrogen-bond acceptors (Lipinski definition) is 6. The summed E-state index contributed by atoms with van der Waals surface area (Å²) in [6.07, 6.45) is 0. The van der Waals surface area contributed by atoms with Gasteiger partial charge in [0.05, 0.1) is 19.8 Å². The molecule has 7 nitrogen and oxygen atoms in total. The summed E-state index contributed by atoms with van der Waals surface area (Å²) in [5, 5.41) is 2.92. The van der Waals surface area contributed by atoms with E-state index in [-0.39, 0.29) is 28.8 Å². The maximum Gasteiger partial charge on any atom is 0.337 e. The molecule has 1 aromatic carbocycles. The van der Waals surface area contributed by atoms with Gasteiger partial charge in [-0.1, -0.05) is 0 Å². The highest BCUT2D eigenvalue weighted by atomic mass is 32.2. The van der Waals surface area contributed by atoms with Gasteiger partial charge in [-0.05, 0) is 32.2 Å². The lowest BCUT2D eigenvalue weighted by atomic mass is 10.2. The van der Waals surface area contributed by atoms with Crippen LogP contribution in [0.5, 0.6) is 5.75 Å². The number of likely N-dealkylation sites (N-methyl/N-ethyl adjacent to an activating group) is 1. The third-order valence-electron chi connectivity index (χ3n) is 2.95. The Kier molecular flexibility index (Phi) is 6.13. The van der Waals surface area contributed by atoms with Crippen molar-refractivity contribution in [1.82, 2.24) is 10.0 Å². The Labute approximate surface area is 124 Å². The minimum Gasteiger partial charge on any atom is -0.495 e. The first-order chi connectivity index (χ1) is 9.85. The van der Waals surface area contributed by atoms with E-state index < -0.39 is 16.0 Å². The maximum absolute atomic E-state index is 12.3. The number of sulfonamides is 1. The molecule has 0 heterocycles. The average Bonchev–Trinajstić information content (AvgIpc) is 2.51. The van der Waals surface area contributed by atoms with Crippen molar-refractivity contribution in [2.45, 2.75) is 17.9 Å². The van der Waals surface area contributed by atoms with Crippen LogP contribution in [0.15, 0.2) is 23.1 Å². The molecule has 0 aliphatic heterocycles. The Bertz CT molecular complexity index is 601. The monoisotopic (exact) mass is 316 g/mol. The molecule has 0 bridgehead atoms. The molecule has 0 spiro atoms. The second-order valence-corrected chi connectivity index (χ2v) is 6.13. The number of methoxy groups -OCH3 is 2. The number of benzene rings is 1. The lowest BCUT2D eigenvalue weighted by Crippen LogP contribution is -2.37. The van der Waals surface area contributed by atoms with Crippen molar-refractivity contribution >= 4 is 16.0 Å². The summed E-state index contributed by atoms with van der Waals surface area (Å²) >= 11 is 0. The highest BCUT2D eigenvalue weighted by molar-refractivity contribution is 7.89. The smallest absolute Gasteiger partial charge is 0.337 e. The molecule has 0 saturated carbocycles. The van der Waals surface area contributed by atoms with E-state index in [1.165, 1.54) is 32.4 Å². The van der Waals surface area contributed by atoms with Gasteiger partial charge in [0.2, 0.25) is 10.0 Å². The van der Waals surface area contributed by atoms with E-state index in [9.17, 15) is 13.2 Å². The largest absolute Gasteiger partial charge is 0.495 e. The van der Waals surface area contributed by atoms with Crippen LogP contribution in [0.1, 0.15) is 17.3 Å². The van der Waals surface area contributed by atoms with Gasteiger partial charge in [-0.25, -0.2) is 17.9 Å². The second-order valence-electron chi connectivity index (χ2n) is 4.40. The zero-order chi connectivity index (χ0) is 16.0. The molecule has 1 rings (SSSR count). The van der Waals surface area contributed by atoms with Gasteiger partial charge in [0.1, 0.15) is 10.6 Å². The Balaban J connectivity index is 3.16. The number of ether oxygens (including phenoxy) is 2. The summed E-state index contributed by atoms with van der Waals surface area (Å²) in [5.74, 6) is -0.454. The number of rotatable bonds is 7. The fraction of sp³-hybridized carbons (Fsp3) is 0.462. The zero-order valence-electron chi connectivity index (χ0n) is 12.5. The molecule has 0 aliphatic carbocycles. The van der Waals surface area contributed by atoms with Gasteiger partial charge in [0.15, 0.2) is 0 Å². The summed E-state index contributed by atoms with van der Waals surface area (Å²) in [5.41, 5.74) is 0.139. The fourth-order valence-corrected chi connectivity index (χ4v) is 2.87. The predicted octanol–water partition coefficient (Wildman–Crippen LogP) is 0.368. The SMILES string of the molecule is CNC(C)CNS(=O)(=O)c1cc(C(=O)OC)ccc1OC. The Morgan fingerprint density at radius 1 is 1.33 bits per heavy atom. The first-order valence-electron chi connectivity index (χ1n) is 6.29. The number of hydrogen-bond donors (Lipinski definition) is 2. The Morgan fingerprint density at radius 2 is 2.00 bits per heavy atom. The van der Waals surface area contributed by atoms with Crippen molar-refractivity contribution in [2.75, 3.05) is 27.8 Å². The molecule has 21 heavy (non-hydrogen) atoms. The molecule has 0 amide bonds. The minimum absolute atomic E-state index is 0.0328. The number of nitrogens with one attached hydrogen (secondary N) is 2. The fourth-order valence-electron chi connectivity index (χ4n) is 1.55. The summed E-state index contributed by atoms with van der Waals surface area (Å²) in [6.45, 7) is 2.05. The molecule has 8 heteroatoms. The summed E-state index contributed by atoms with van der Waals surface area (Å²) in [6, 6.07) is 4.06. The topological polar surface area (TPSA) is 93.7 Å². The van der Waals surface area contributed by atoms with Crippen molar-refractivity contribution in [3.8, 4) is 5.75 Å². The van der Waals surface area contributed by atoms with Crippen LogP contribution < -0.4 is 14.8 Å². The maximum atomic E-state index is 12.3. The van der Waals surface area contributed by atoms with Gasteiger partial charge < -0.3 is 14.8 Å². The summed E-state index contributed by atoms with van der Waals surface area (Å²) in [4.78, 5) is 11.4. The van der Waals surface area contributed by atoms with Gasteiger partial charge in [-0.3, -0.25) is 0 Å². The van der Waals surface area contributed by atoms with Crippen molar-refractivity contribution in [2.24, 2.45) is 0 Å². The molecule has 1 unspecified atom stereocenters. The third-order valence-corrected chi connectivity index (χ3v) is 4.39. The van der Waals surface area contributed by atoms with Gasteiger partial charge >= 0.3 is 5.97 Å². The molecule has 0 saturated heterocycles. The Morgan fingerprint density at radius 3 is 2.52 bits per heavy atom. The van der Waals surface area contributed by atoms with Crippen LogP contribution in [0.2, 0.25) is 0 Å². The lowest BCUT2D eigenvalue weighted by molar-refractivity contribution is 0.0600. The van der Waals surface area contributed by atoms with Gasteiger partial charge in [0, 0.05) is 12.6 Å². The van der Waals surface area contributed by atoms with Crippen LogP contribution >= 0.6 is 0 Å². The van der Waals surface area contributed by atoms with Crippen molar-refractivity contribution in [3.63, 3.8) is 0 Å². The van der Waals surface area contributed by atoms with Crippen LogP contribution in [0.3, 0.4) is 0 Å². The van der Waals surface area contributed by atoms with Gasteiger partial charge in [0.25, 0.3) is 0 Å². The van der Waals surface area contributed by atoms with Crippen LogP contribution in [0.25, 0.3) is 0 Å². The first kappa shape index (κ1) is 17.4. The molecule has 2 N–H and O–H groups in total. The van der Waals surface area contributed by atoms with Crippen LogP contribution in [0, 0.1) is 0 Å². The summed E-state index contributed by atoms with van der Waals surface area (Å²) in [7, 11) is 0.532. The van der Waals surface area contributed by atoms with E-state index in [4.69, 9.17) is 4.74 Å². The molecule has 1 atom stereocenters. The van der Waals surface area contributed by atoms with Crippen LogP contribution in [0.4, 0.5) is 0 Å². The van der Waals surface area contributed by atoms with Crippen LogP contribution in [-0.2, 0) is 14.8 Å². The van der Waals surface area contributed by atoms with E-state index in [1.807, 2.05) is 6.92 Å². The van der Waals surface area contributed by atoms with E-state index in [2.05, 4.69) is 14.8 Å². The Hall–Kier alpha value is -1.64. The average molecular weight is 316 g/mol. The third kappa shape index (κ3) is 4.42.